The van der Waals surface area contributed by atoms with Crippen LogP contribution in [0.15, 0.2) is 30.5 Å². The average molecular weight is 306 g/mol. The molecule has 21 heavy (non-hydrogen) atoms. The molecule has 0 atom stereocenters. The smallest absolute Gasteiger partial charge is 0.243 e. The monoisotopic (exact) mass is 305 g/mol. The van der Waals surface area contributed by atoms with Gasteiger partial charge in [-0.15, -0.1) is 0 Å². The van der Waals surface area contributed by atoms with E-state index in [1.807, 2.05) is 19.1 Å². The molecule has 0 bridgehead atoms. The number of unbranched alkanes of at least 4 members (excludes halogenated alkanes) is 1. The van der Waals surface area contributed by atoms with Crippen LogP contribution >= 0.6 is 11.6 Å². The van der Waals surface area contributed by atoms with Crippen LogP contribution in [0.5, 0.6) is 11.6 Å². The summed E-state index contributed by atoms with van der Waals surface area (Å²) in [5.41, 5.74) is 1.31. The second-order valence-electron chi connectivity index (χ2n) is 4.73. The molecule has 0 aliphatic rings. The molecule has 0 radical (unpaired) electrons. The Morgan fingerprint density at radius 3 is 2.62 bits per heavy atom. The number of aromatic nitrogens is 2. The van der Waals surface area contributed by atoms with E-state index in [9.17, 15) is 0 Å². The maximum absolute atomic E-state index is 6.07. The molecule has 0 saturated carbocycles. The number of ether oxygens (including phenoxy) is 1. The first-order valence-electron chi connectivity index (χ1n) is 7.26. The molecular formula is C16H20ClN3O. The Kier molecular flexibility index (Phi) is 5.81. The van der Waals surface area contributed by atoms with Gasteiger partial charge in [-0.2, -0.15) is 4.98 Å². The third-order valence-corrected chi connectivity index (χ3v) is 3.26. The van der Waals surface area contributed by atoms with E-state index in [1.54, 1.807) is 0 Å². The molecule has 0 amide bonds. The molecular weight excluding hydrogens is 286 g/mol. The Morgan fingerprint density at radius 1 is 1.19 bits per heavy atom. The van der Waals surface area contributed by atoms with Gasteiger partial charge in [0.2, 0.25) is 11.8 Å². The Balaban J connectivity index is 2.08. The SMILES string of the molecule is CCCCc1ccc(Oc2nc(NCC)ncc2Cl)cc1. The summed E-state index contributed by atoms with van der Waals surface area (Å²) in [5.74, 6) is 1.60. The summed E-state index contributed by atoms with van der Waals surface area (Å²) in [6.45, 7) is 4.91. The number of hydrogen-bond acceptors (Lipinski definition) is 4. The second-order valence-corrected chi connectivity index (χ2v) is 5.13. The highest BCUT2D eigenvalue weighted by molar-refractivity contribution is 6.31. The van der Waals surface area contributed by atoms with Gasteiger partial charge in [-0.1, -0.05) is 37.1 Å². The highest BCUT2D eigenvalue weighted by atomic mass is 35.5. The summed E-state index contributed by atoms with van der Waals surface area (Å²) in [7, 11) is 0. The van der Waals surface area contributed by atoms with Gasteiger partial charge in [0.15, 0.2) is 0 Å². The molecule has 0 spiro atoms. The highest BCUT2D eigenvalue weighted by Gasteiger charge is 2.07. The Labute approximate surface area is 130 Å². The van der Waals surface area contributed by atoms with Crippen LogP contribution in [0.2, 0.25) is 5.02 Å². The zero-order valence-electron chi connectivity index (χ0n) is 12.4. The fourth-order valence-corrected chi connectivity index (χ4v) is 2.01. The van der Waals surface area contributed by atoms with Crippen molar-refractivity contribution < 1.29 is 4.74 Å². The molecule has 112 valence electrons. The number of hydrogen-bond donors (Lipinski definition) is 1. The van der Waals surface area contributed by atoms with Gasteiger partial charge >= 0.3 is 0 Å². The normalized spacial score (nSPS) is 10.4. The highest BCUT2D eigenvalue weighted by Crippen LogP contribution is 2.27. The fraction of sp³-hybridized carbons (Fsp3) is 0.375. The van der Waals surface area contributed by atoms with Crippen LogP contribution in [0.25, 0.3) is 0 Å². The molecule has 0 unspecified atom stereocenters. The first-order chi connectivity index (χ1) is 10.2. The van der Waals surface area contributed by atoms with E-state index in [0.717, 1.165) is 18.7 Å². The van der Waals surface area contributed by atoms with Gasteiger partial charge in [-0.05, 0) is 37.5 Å². The number of anilines is 1. The van der Waals surface area contributed by atoms with E-state index in [4.69, 9.17) is 16.3 Å². The molecule has 1 aromatic heterocycles. The molecule has 4 nitrogen and oxygen atoms in total. The third kappa shape index (κ3) is 4.60. The largest absolute Gasteiger partial charge is 0.437 e. The second kappa shape index (κ2) is 7.84. The van der Waals surface area contributed by atoms with Crippen molar-refractivity contribution in [3.63, 3.8) is 0 Å². The Hall–Kier alpha value is -1.81. The summed E-state index contributed by atoms with van der Waals surface area (Å²) >= 11 is 6.07. The number of rotatable bonds is 7. The lowest BCUT2D eigenvalue weighted by Crippen LogP contribution is -2.02. The van der Waals surface area contributed by atoms with Crippen LogP contribution in [-0.2, 0) is 6.42 Å². The minimum atomic E-state index is 0.365. The molecule has 2 rings (SSSR count). The zero-order chi connectivity index (χ0) is 15.1. The fourth-order valence-electron chi connectivity index (χ4n) is 1.88. The lowest BCUT2D eigenvalue weighted by molar-refractivity contribution is 0.462. The number of nitrogens with one attached hydrogen (secondary N) is 1. The Morgan fingerprint density at radius 2 is 1.95 bits per heavy atom. The summed E-state index contributed by atoms with van der Waals surface area (Å²) in [6.07, 6.45) is 5.03. The van der Waals surface area contributed by atoms with Gasteiger partial charge in [0.25, 0.3) is 0 Å². The van der Waals surface area contributed by atoms with Crippen LogP contribution in [0, 0.1) is 0 Å². The van der Waals surface area contributed by atoms with E-state index >= 15 is 0 Å². The summed E-state index contributed by atoms with van der Waals surface area (Å²) < 4.78 is 5.73. The van der Waals surface area contributed by atoms with Crippen molar-refractivity contribution in [2.75, 3.05) is 11.9 Å². The first kappa shape index (κ1) is 15.6. The Bertz CT molecular complexity index is 572. The van der Waals surface area contributed by atoms with Gasteiger partial charge < -0.3 is 10.1 Å². The van der Waals surface area contributed by atoms with Crippen LogP contribution < -0.4 is 10.1 Å². The van der Waals surface area contributed by atoms with Gasteiger partial charge in [-0.3, -0.25) is 0 Å². The molecule has 0 aliphatic carbocycles. The summed E-state index contributed by atoms with van der Waals surface area (Å²) in [5, 5.41) is 3.43. The first-order valence-corrected chi connectivity index (χ1v) is 7.64. The maximum Gasteiger partial charge on any atom is 0.243 e. The van der Waals surface area contributed by atoms with E-state index in [0.29, 0.717) is 16.9 Å². The van der Waals surface area contributed by atoms with Gasteiger partial charge in [0.05, 0.1) is 6.20 Å². The van der Waals surface area contributed by atoms with Crippen molar-refractivity contribution in [1.82, 2.24) is 9.97 Å². The number of aryl methyl sites for hydroxylation is 1. The van der Waals surface area contributed by atoms with Gasteiger partial charge in [-0.25, -0.2) is 4.98 Å². The van der Waals surface area contributed by atoms with Crippen LogP contribution in [0.3, 0.4) is 0 Å². The molecule has 1 aromatic carbocycles. The van der Waals surface area contributed by atoms with Crippen molar-refractivity contribution >= 4 is 17.5 Å². The van der Waals surface area contributed by atoms with E-state index < -0.39 is 0 Å². The summed E-state index contributed by atoms with van der Waals surface area (Å²) in [4.78, 5) is 8.34. The minimum absolute atomic E-state index is 0.365. The van der Waals surface area contributed by atoms with Gasteiger partial charge in [0, 0.05) is 6.54 Å². The van der Waals surface area contributed by atoms with Crippen molar-refractivity contribution in [3.8, 4) is 11.6 Å². The topological polar surface area (TPSA) is 47.0 Å². The van der Waals surface area contributed by atoms with Gasteiger partial charge in [0.1, 0.15) is 10.8 Å². The third-order valence-electron chi connectivity index (χ3n) is 3.00. The molecule has 0 aliphatic heterocycles. The number of benzene rings is 1. The van der Waals surface area contributed by atoms with Crippen LogP contribution in [-0.4, -0.2) is 16.5 Å². The maximum atomic E-state index is 6.07. The number of halogens is 1. The summed E-state index contributed by atoms with van der Waals surface area (Å²) in [6, 6.07) is 8.03. The lowest BCUT2D eigenvalue weighted by atomic mass is 10.1. The van der Waals surface area contributed by atoms with Crippen LogP contribution in [0.4, 0.5) is 5.95 Å². The molecule has 0 saturated heterocycles. The van der Waals surface area contributed by atoms with Crippen molar-refractivity contribution in [1.29, 1.82) is 0 Å². The van der Waals surface area contributed by atoms with Crippen LogP contribution in [0.1, 0.15) is 32.3 Å². The molecule has 1 N–H and O–H groups in total. The minimum Gasteiger partial charge on any atom is -0.437 e. The predicted octanol–water partition coefficient (Wildman–Crippen LogP) is 4.70. The van der Waals surface area contributed by atoms with Crippen molar-refractivity contribution in [2.24, 2.45) is 0 Å². The number of nitrogens with zero attached hydrogens (tertiary/aromatic N) is 2. The van der Waals surface area contributed by atoms with E-state index in [-0.39, 0.29) is 0 Å². The van der Waals surface area contributed by atoms with E-state index in [1.165, 1.54) is 24.6 Å². The average Bonchev–Trinajstić information content (AvgIpc) is 2.50. The molecule has 2 aromatic rings. The predicted molar refractivity (Wildman–Crippen MR) is 86.3 cm³/mol. The van der Waals surface area contributed by atoms with Crippen molar-refractivity contribution in [3.05, 3.63) is 41.0 Å². The molecule has 5 heteroatoms. The molecule has 0 fully saturated rings. The standard InChI is InChI=1S/C16H20ClN3O/c1-3-5-6-12-7-9-13(10-8-12)21-15-14(17)11-19-16(20-15)18-4-2/h7-11H,3-6H2,1-2H3,(H,18,19,20). The quantitative estimate of drug-likeness (QED) is 0.805. The van der Waals surface area contributed by atoms with Crippen molar-refractivity contribution in [2.45, 2.75) is 33.1 Å². The lowest BCUT2D eigenvalue weighted by Gasteiger charge is -2.09. The van der Waals surface area contributed by atoms with E-state index in [2.05, 4.69) is 34.3 Å². The zero-order valence-corrected chi connectivity index (χ0v) is 13.2. The molecule has 1 heterocycles.